The van der Waals surface area contributed by atoms with E-state index in [9.17, 15) is 19.6 Å². The summed E-state index contributed by atoms with van der Waals surface area (Å²) in [6.07, 6.45) is 0.424. The van der Waals surface area contributed by atoms with E-state index in [1.807, 2.05) is 24.3 Å². The van der Waals surface area contributed by atoms with Crippen LogP contribution in [0.5, 0.6) is 0 Å². The number of thiophene rings is 1. The number of amides is 2. The highest BCUT2D eigenvalue weighted by atomic mass is 32.2. The van der Waals surface area contributed by atoms with E-state index in [4.69, 9.17) is 5.11 Å². The summed E-state index contributed by atoms with van der Waals surface area (Å²) < 4.78 is 0. The lowest BCUT2D eigenvalue weighted by Gasteiger charge is -2.26. The molecule has 1 unspecified atom stereocenters. The standard InChI is InChI=1S/C28H28N4O4S2/c1-18(37-21-9-5-8-20(14-21)30-25(33)10-11-26(34)35)27(36)31-28-23(15-29)22-12-13-32(17-24(22)38-28)16-19-6-3-2-4-7-19/h2-9,14,18H,10-13,16-17H2,1H3,(H,30,33)(H,31,36)(H,34,35). The fraction of sp³-hybridized carbons (Fsp3) is 0.286. The number of nitrogens with one attached hydrogen (secondary N) is 2. The van der Waals surface area contributed by atoms with E-state index in [-0.39, 0.29) is 24.7 Å². The Labute approximate surface area is 229 Å². The molecule has 0 aliphatic carbocycles. The number of fused-ring (bicyclic) bond motifs is 1. The lowest BCUT2D eigenvalue weighted by atomic mass is 10.0. The Bertz CT molecular complexity index is 1370. The van der Waals surface area contributed by atoms with Gasteiger partial charge in [-0.25, -0.2) is 0 Å². The normalized spacial score (nSPS) is 13.7. The minimum Gasteiger partial charge on any atom is -0.481 e. The summed E-state index contributed by atoms with van der Waals surface area (Å²) in [7, 11) is 0. The van der Waals surface area contributed by atoms with Crippen LogP contribution in [0.3, 0.4) is 0 Å². The van der Waals surface area contributed by atoms with Crippen molar-refractivity contribution in [1.82, 2.24) is 4.90 Å². The number of thioether (sulfide) groups is 1. The second-order valence-corrected chi connectivity index (χ2v) is 11.5. The number of anilines is 2. The highest BCUT2D eigenvalue weighted by molar-refractivity contribution is 8.00. The maximum Gasteiger partial charge on any atom is 0.303 e. The van der Waals surface area contributed by atoms with Crippen molar-refractivity contribution in [2.24, 2.45) is 0 Å². The van der Waals surface area contributed by atoms with Crippen LogP contribution < -0.4 is 10.6 Å². The predicted octanol–water partition coefficient (Wildman–Crippen LogP) is 5.10. The Hall–Kier alpha value is -3.65. The van der Waals surface area contributed by atoms with Gasteiger partial charge in [-0.2, -0.15) is 5.26 Å². The molecule has 3 aromatic rings. The van der Waals surface area contributed by atoms with Gasteiger partial charge in [0.15, 0.2) is 0 Å². The van der Waals surface area contributed by atoms with E-state index >= 15 is 0 Å². The average molecular weight is 549 g/mol. The van der Waals surface area contributed by atoms with E-state index in [2.05, 4.69) is 33.7 Å². The summed E-state index contributed by atoms with van der Waals surface area (Å²) in [4.78, 5) is 39.9. The largest absolute Gasteiger partial charge is 0.481 e. The Balaban J connectivity index is 1.37. The van der Waals surface area contributed by atoms with Crippen LogP contribution in [0.2, 0.25) is 0 Å². The van der Waals surface area contributed by atoms with E-state index < -0.39 is 11.2 Å². The van der Waals surface area contributed by atoms with Crippen LogP contribution in [0, 0.1) is 11.3 Å². The number of carboxylic acids is 1. The van der Waals surface area contributed by atoms with E-state index in [0.29, 0.717) is 16.3 Å². The monoisotopic (exact) mass is 548 g/mol. The van der Waals surface area contributed by atoms with Crippen LogP contribution >= 0.6 is 23.1 Å². The van der Waals surface area contributed by atoms with Gasteiger partial charge in [-0.3, -0.25) is 19.3 Å². The van der Waals surface area contributed by atoms with Crippen LogP contribution in [0.15, 0.2) is 59.5 Å². The second-order valence-electron chi connectivity index (χ2n) is 8.99. The molecule has 196 valence electrons. The first-order valence-electron chi connectivity index (χ1n) is 12.2. The van der Waals surface area contributed by atoms with Crippen molar-refractivity contribution >= 4 is 51.6 Å². The molecule has 8 nitrogen and oxygen atoms in total. The molecule has 0 saturated heterocycles. The summed E-state index contributed by atoms with van der Waals surface area (Å²) in [6.45, 7) is 4.23. The lowest BCUT2D eigenvalue weighted by Crippen LogP contribution is -2.29. The van der Waals surface area contributed by atoms with Gasteiger partial charge in [0.05, 0.1) is 17.2 Å². The molecule has 0 bridgehead atoms. The maximum atomic E-state index is 13.0. The third-order valence-electron chi connectivity index (χ3n) is 6.10. The molecule has 38 heavy (non-hydrogen) atoms. The van der Waals surface area contributed by atoms with Crippen molar-refractivity contribution in [2.45, 2.75) is 49.4 Å². The molecule has 0 fully saturated rings. The van der Waals surface area contributed by atoms with E-state index in [0.717, 1.165) is 41.4 Å². The molecule has 2 heterocycles. The van der Waals surface area contributed by atoms with Crippen LogP contribution in [0.25, 0.3) is 0 Å². The van der Waals surface area contributed by atoms with Gasteiger partial charge in [0.1, 0.15) is 11.1 Å². The Kier molecular flexibility index (Phi) is 9.18. The van der Waals surface area contributed by atoms with Crippen molar-refractivity contribution < 1.29 is 19.5 Å². The smallest absolute Gasteiger partial charge is 0.303 e. The molecule has 0 saturated carbocycles. The molecule has 1 atom stereocenters. The zero-order chi connectivity index (χ0) is 27.1. The molecule has 3 N–H and O–H groups in total. The molecular formula is C28H28N4O4S2. The van der Waals surface area contributed by atoms with Crippen molar-refractivity contribution in [3.63, 3.8) is 0 Å². The third-order valence-corrected chi connectivity index (χ3v) is 8.33. The fourth-order valence-electron chi connectivity index (χ4n) is 4.20. The second kappa shape index (κ2) is 12.7. The molecule has 2 aromatic carbocycles. The summed E-state index contributed by atoms with van der Waals surface area (Å²) in [5.74, 6) is -1.62. The first-order chi connectivity index (χ1) is 18.3. The van der Waals surface area contributed by atoms with E-state index in [1.165, 1.54) is 28.7 Å². The van der Waals surface area contributed by atoms with Gasteiger partial charge in [0.25, 0.3) is 0 Å². The molecule has 1 aliphatic rings. The molecule has 2 amide bonds. The lowest BCUT2D eigenvalue weighted by molar-refractivity contribution is -0.138. The van der Waals surface area contributed by atoms with Gasteiger partial charge >= 0.3 is 5.97 Å². The Morgan fingerprint density at radius 3 is 2.66 bits per heavy atom. The number of carbonyl (C=O) groups is 3. The first-order valence-corrected chi connectivity index (χ1v) is 13.9. The summed E-state index contributed by atoms with van der Waals surface area (Å²) in [6, 6.07) is 19.7. The van der Waals surface area contributed by atoms with Gasteiger partial charge in [-0.1, -0.05) is 36.4 Å². The number of rotatable bonds is 10. The Morgan fingerprint density at radius 1 is 1.13 bits per heavy atom. The quantitative estimate of drug-likeness (QED) is 0.301. The van der Waals surface area contributed by atoms with Crippen molar-refractivity contribution in [2.75, 3.05) is 17.2 Å². The van der Waals surface area contributed by atoms with Gasteiger partial charge in [-0.05, 0) is 42.7 Å². The topological polar surface area (TPSA) is 123 Å². The number of hydrogen-bond donors (Lipinski definition) is 3. The van der Waals surface area contributed by atoms with Crippen molar-refractivity contribution in [3.8, 4) is 6.07 Å². The molecule has 4 rings (SSSR count). The summed E-state index contributed by atoms with van der Waals surface area (Å²) in [5, 5.41) is 24.4. The number of aliphatic carboxylic acids is 1. The number of benzene rings is 2. The molecule has 10 heteroatoms. The number of nitrogens with zero attached hydrogens (tertiary/aromatic N) is 2. The molecule has 0 radical (unpaired) electrons. The van der Waals surface area contributed by atoms with Gasteiger partial charge < -0.3 is 15.7 Å². The average Bonchev–Trinajstić information content (AvgIpc) is 3.24. The van der Waals surface area contributed by atoms with Gasteiger partial charge in [-0.15, -0.1) is 23.1 Å². The zero-order valence-electron chi connectivity index (χ0n) is 20.9. The molecule has 1 aliphatic heterocycles. The number of hydrogen-bond acceptors (Lipinski definition) is 7. The zero-order valence-corrected chi connectivity index (χ0v) is 22.5. The summed E-state index contributed by atoms with van der Waals surface area (Å²) >= 11 is 2.81. The molecule has 0 spiro atoms. The van der Waals surface area contributed by atoms with Crippen LogP contribution in [0.1, 0.15) is 41.3 Å². The number of nitriles is 1. The van der Waals surface area contributed by atoms with Crippen molar-refractivity contribution in [3.05, 3.63) is 76.2 Å². The minimum atomic E-state index is -1.03. The highest BCUT2D eigenvalue weighted by Crippen LogP contribution is 2.37. The minimum absolute atomic E-state index is 0.110. The first kappa shape index (κ1) is 27.4. The SMILES string of the molecule is CC(Sc1cccc(NC(=O)CCC(=O)O)c1)C(=O)Nc1sc2c(c1C#N)CCN(Cc1ccccc1)C2. The van der Waals surface area contributed by atoms with Crippen LogP contribution in [0.4, 0.5) is 10.7 Å². The highest BCUT2D eigenvalue weighted by Gasteiger charge is 2.26. The van der Waals surface area contributed by atoms with Crippen molar-refractivity contribution in [1.29, 1.82) is 5.26 Å². The predicted molar refractivity (Wildman–Crippen MR) is 149 cm³/mol. The summed E-state index contributed by atoms with van der Waals surface area (Å²) in [5.41, 5.74) is 3.37. The van der Waals surface area contributed by atoms with E-state index in [1.54, 1.807) is 25.1 Å². The molecular weight excluding hydrogens is 520 g/mol. The fourth-order valence-corrected chi connectivity index (χ4v) is 6.37. The van der Waals surface area contributed by atoms with Gasteiger partial charge in [0, 0.05) is 41.5 Å². The maximum absolute atomic E-state index is 13.0. The number of carboxylic acid groups (broad SMARTS) is 1. The van der Waals surface area contributed by atoms with Gasteiger partial charge in [0.2, 0.25) is 11.8 Å². The van der Waals surface area contributed by atoms with Crippen LogP contribution in [-0.2, 0) is 33.9 Å². The molecule has 1 aromatic heterocycles. The van der Waals surface area contributed by atoms with Crippen LogP contribution in [-0.4, -0.2) is 39.6 Å². The number of carbonyl (C=O) groups excluding carboxylic acids is 2. The third kappa shape index (κ3) is 7.22. The Morgan fingerprint density at radius 2 is 1.92 bits per heavy atom.